The molecule has 4 heterocycles. The largest absolute Gasteiger partial charge is 0.491 e. The standard InChI is InChI=1S/C50H48N4O10/c55-30-31-62-38-26-22-36(23-27-38)45-50(39-18-10-11-19-40(39)52(48(50)58)49(59)63-32-33-20-24-37(25-21-33)54(60)61)41(46(56)51-28-12-2-1-3-13-29-51)43-47(57)64-44(35-16-8-5-9-17-35)42(53(43)45)34-14-6-4-7-15-34/h4-11,14-27,41-45,55H,1-3,12-13,28-32H2. The lowest BCUT2D eigenvalue weighted by atomic mass is 9.65. The van der Waals surface area contributed by atoms with E-state index in [1.807, 2.05) is 77.7 Å². The van der Waals surface area contributed by atoms with Crippen molar-refractivity contribution in [3.63, 3.8) is 0 Å². The maximum Gasteiger partial charge on any atom is 0.421 e. The van der Waals surface area contributed by atoms with Crippen molar-refractivity contribution in [3.05, 3.63) is 171 Å². The summed E-state index contributed by atoms with van der Waals surface area (Å²) in [7, 11) is 0. The number of para-hydroxylation sites is 1. The number of aliphatic hydroxyl groups excluding tert-OH is 1. The lowest BCUT2D eigenvalue weighted by Gasteiger charge is -2.46. The number of rotatable bonds is 10. The molecule has 64 heavy (non-hydrogen) atoms. The molecule has 14 nitrogen and oxygen atoms in total. The molecule has 3 fully saturated rings. The van der Waals surface area contributed by atoms with Crippen LogP contribution in [0.5, 0.6) is 5.75 Å². The number of cyclic esters (lactones) is 1. The SMILES string of the molecule is O=C1OC(c2ccccc2)C(c2ccccc2)N2C1C(C(=O)N1CCCCCCC1)C1(C(=O)N(C(=O)OCc3ccc([N+](=O)[O-])cc3)c3ccccc31)C2c1ccc(OCCO)cc1. The summed E-state index contributed by atoms with van der Waals surface area (Å²) >= 11 is 0. The number of non-ortho nitro benzene ring substituents is 1. The Labute approximate surface area is 370 Å². The molecule has 0 radical (unpaired) electrons. The lowest BCUT2D eigenvalue weighted by Crippen LogP contribution is -2.56. The van der Waals surface area contributed by atoms with Gasteiger partial charge in [0.05, 0.1) is 35.2 Å². The number of hydrogen-bond donors (Lipinski definition) is 1. The average molecular weight is 865 g/mol. The molecule has 4 aliphatic heterocycles. The molecule has 9 rings (SSSR count). The van der Waals surface area contributed by atoms with Gasteiger partial charge in [0.25, 0.3) is 5.69 Å². The van der Waals surface area contributed by atoms with Gasteiger partial charge in [-0.05, 0) is 71.0 Å². The summed E-state index contributed by atoms with van der Waals surface area (Å²) in [5.41, 5.74) is 1.10. The molecule has 1 N–H and O–H groups in total. The fourth-order valence-electron chi connectivity index (χ4n) is 10.3. The summed E-state index contributed by atoms with van der Waals surface area (Å²) in [6, 6.07) is 35.4. The van der Waals surface area contributed by atoms with Gasteiger partial charge in [-0.25, -0.2) is 9.69 Å². The number of aliphatic hydroxyl groups is 1. The molecule has 0 aromatic heterocycles. The number of esters is 1. The summed E-state index contributed by atoms with van der Waals surface area (Å²) in [5.74, 6) is -2.69. The van der Waals surface area contributed by atoms with Gasteiger partial charge in [-0.15, -0.1) is 0 Å². The molecule has 6 unspecified atom stereocenters. The molecule has 0 bridgehead atoms. The minimum Gasteiger partial charge on any atom is -0.491 e. The van der Waals surface area contributed by atoms with Crippen LogP contribution < -0.4 is 9.64 Å². The molecule has 4 aliphatic rings. The number of likely N-dealkylation sites (tertiary alicyclic amines) is 1. The zero-order valence-electron chi connectivity index (χ0n) is 35.1. The van der Waals surface area contributed by atoms with E-state index >= 15 is 14.4 Å². The van der Waals surface area contributed by atoms with Gasteiger partial charge < -0.3 is 24.2 Å². The van der Waals surface area contributed by atoms with E-state index in [4.69, 9.17) is 14.2 Å². The number of benzene rings is 5. The second kappa shape index (κ2) is 18.1. The highest BCUT2D eigenvalue weighted by Gasteiger charge is 2.76. The van der Waals surface area contributed by atoms with E-state index in [9.17, 15) is 20.0 Å². The predicted octanol–water partition coefficient (Wildman–Crippen LogP) is 7.76. The Morgan fingerprint density at radius 2 is 1.38 bits per heavy atom. The van der Waals surface area contributed by atoms with E-state index in [0.717, 1.165) is 48.1 Å². The van der Waals surface area contributed by atoms with Crippen molar-refractivity contribution in [1.82, 2.24) is 9.80 Å². The van der Waals surface area contributed by atoms with Crippen LogP contribution in [-0.2, 0) is 35.9 Å². The van der Waals surface area contributed by atoms with Gasteiger partial charge in [0, 0.05) is 25.2 Å². The average Bonchev–Trinajstić information content (AvgIpc) is 3.77. The molecule has 328 valence electrons. The van der Waals surface area contributed by atoms with Crippen LogP contribution >= 0.6 is 0 Å². The third-order valence-corrected chi connectivity index (χ3v) is 13.0. The van der Waals surface area contributed by atoms with Crippen molar-refractivity contribution in [2.75, 3.05) is 31.2 Å². The second-order valence-corrected chi connectivity index (χ2v) is 16.6. The van der Waals surface area contributed by atoms with Crippen LogP contribution in [0.4, 0.5) is 16.2 Å². The van der Waals surface area contributed by atoms with Crippen LogP contribution in [0.2, 0.25) is 0 Å². The Bertz CT molecular complexity index is 2510. The molecule has 0 aliphatic carbocycles. The van der Waals surface area contributed by atoms with Gasteiger partial charge in [-0.2, -0.15) is 0 Å². The third-order valence-electron chi connectivity index (χ3n) is 13.0. The fraction of sp³-hybridized carbons (Fsp3) is 0.320. The topological polar surface area (TPSA) is 169 Å². The number of fused-ring (bicyclic) bond motifs is 3. The number of carbonyl (C=O) groups excluding carboxylic acids is 4. The van der Waals surface area contributed by atoms with E-state index in [-0.39, 0.29) is 37.1 Å². The predicted molar refractivity (Wildman–Crippen MR) is 234 cm³/mol. The highest BCUT2D eigenvalue weighted by Crippen LogP contribution is 2.66. The highest BCUT2D eigenvalue weighted by atomic mass is 16.6. The van der Waals surface area contributed by atoms with Crippen LogP contribution in [0, 0.1) is 16.0 Å². The molecule has 6 atom stereocenters. The number of hydrogen-bond acceptors (Lipinski definition) is 11. The monoisotopic (exact) mass is 864 g/mol. The summed E-state index contributed by atoms with van der Waals surface area (Å²) in [4.78, 5) is 77.6. The van der Waals surface area contributed by atoms with Crippen molar-refractivity contribution >= 4 is 35.3 Å². The quantitative estimate of drug-likeness (QED) is 0.0828. The van der Waals surface area contributed by atoms with Crippen LogP contribution in [0.25, 0.3) is 0 Å². The van der Waals surface area contributed by atoms with Gasteiger partial charge in [-0.3, -0.25) is 29.4 Å². The Hall–Kier alpha value is -6.90. The molecule has 14 heteroatoms. The number of nitro benzene ring substituents is 1. The molecular formula is C50H48N4O10. The first-order chi connectivity index (χ1) is 31.2. The first-order valence-electron chi connectivity index (χ1n) is 21.8. The number of nitrogens with zero attached hydrogens (tertiary/aromatic N) is 4. The van der Waals surface area contributed by atoms with Crippen LogP contribution in [0.3, 0.4) is 0 Å². The van der Waals surface area contributed by atoms with Crippen molar-refractivity contribution < 1.29 is 43.4 Å². The van der Waals surface area contributed by atoms with Crippen molar-refractivity contribution in [2.24, 2.45) is 5.92 Å². The zero-order chi connectivity index (χ0) is 44.4. The molecule has 5 aromatic rings. The zero-order valence-corrected chi connectivity index (χ0v) is 35.1. The first kappa shape index (κ1) is 42.4. The van der Waals surface area contributed by atoms with Crippen LogP contribution in [-0.4, -0.2) is 76.1 Å². The van der Waals surface area contributed by atoms with E-state index in [0.29, 0.717) is 35.5 Å². The van der Waals surface area contributed by atoms with Gasteiger partial charge >= 0.3 is 12.1 Å². The maximum absolute atomic E-state index is 16.3. The minimum absolute atomic E-state index is 0.0524. The molecule has 3 saturated heterocycles. The number of imide groups is 1. The van der Waals surface area contributed by atoms with E-state index in [1.54, 1.807) is 41.3 Å². The summed E-state index contributed by atoms with van der Waals surface area (Å²) in [6.07, 6.45) is 2.51. The first-order valence-corrected chi connectivity index (χ1v) is 21.8. The van der Waals surface area contributed by atoms with Crippen molar-refractivity contribution in [2.45, 2.75) is 68.4 Å². The van der Waals surface area contributed by atoms with Gasteiger partial charge in [0.15, 0.2) is 0 Å². The minimum atomic E-state index is -1.90. The lowest BCUT2D eigenvalue weighted by molar-refractivity contribution is -0.384. The molecule has 5 aromatic carbocycles. The molecule has 3 amide bonds. The smallest absolute Gasteiger partial charge is 0.421 e. The Morgan fingerprint density at radius 3 is 2.03 bits per heavy atom. The summed E-state index contributed by atoms with van der Waals surface area (Å²) in [5, 5.41) is 20.9. The Morgan fingerprint density at radius 1 is 0.750 bits per heavy atom. The molecule has 0 saturated carbocycles. The number of anilines is 1. The molecule has 1 spiro atoms. The summed E-state index contributed by atoms with van der Waals surface area (Å²) in [6.45, 7) is 0.407. The normalized spacial score (nSPS) is 24.3. The van der Waals surface area contributed by atoms with Gasteiger partial charge in [0.1, 0.15) is 36.5 Å². The van der Waals surface area contributed by atoms with E-state index in [2.05, 4.69) is 0 Å². The number of nitro groups is 1. The van der Waals surface area contributed by atoms with E-state index < -0.39 is 58.5 Å². The maximum atomic E-state index is 16.3. The Kier molecular flexibility index (Phi) is 12.0. The number of morpholine rings is 1. The second-order valence-electron chi connectivity index (χ2n) is 16.6. The third kappa shape index (κ3) is 7.45. The van der Waals surface area contributed by atoms with Crippen molar-refractivity contribution in [1.29, 1.82) is 0 Å². The van der Waals surface area contributed by atoms with Gasteiger partial charge in [0.2, 0.25) is 11.8 Å². The van der Waals surface area contributed by atoms with E-state index in [1.165, 1.54) is 24.3 Å². The highest BCUT2D eigenvalue weighted by molar-refractivity contribution is 6.23. The van der Waals surface area contributed by atoms with Crippen LogP contribution in [0.1, 0.15) is 78.1 Å². The summed E-state index contributed by atoms with van der Waals surface area (Å²) < 4.78 is 18.2. The molecular weight excluding hydrogens is 817 g/mol. The Balaban J connectivity index is 1.27. The fourth-order valence-corrected chi connectivity index (χ4v) is 10.3. The van der Waals surface area contributed by atoms with Crippen molar-refractivity contribution in [3.8, 4) is 5.75 Å². The number of carbonyl (C=O) groups is 4. The van der Waals surface area contributed by atoms with Crippen LogP contribution in [0.15, 0.2) is 133 Å². The van der Waals surface area contributed by atoms with Gasteiger partial charge in [-0.1, -0.05) is 110 Å². The number of amides is 3. The number of ether oxygens (including phenoxy) is 3.